The molecule has 116 valence electrons. The van der Waals surface area contributed by atoms with Gasteiger partial charge in [0.15, 0.2) is 0 Å². The Bertz CT molecular complexity index is 343. The Kier molecular flexibility index (Phi) is 5.23. The molecule has 2 aliphatic rings. The Morgan fingerprint density at radius 1 is 1.55 bits per heavy atom. The summed E-state index contributed by atoms with van der Waals surface area (Å²) < 4.78 is 11.5. The smallest absolute Gasteiger partial charge is 0.143 e. The van der Waals surface area contributed by atoms with Crippen LogP contribution in [0.15, 0.2) is 5.16 Å². The van der Waals surface area contributed by atoms with E-state index in [1.165, 1.54) is 0 Å². The summed E-state index contributed by atoms with van der Waals surface area (Å²) in [4.78, 5) is 2.42. The first-order valence-corrected chi connectivity index (χ1v) is 7.53. The summed E-state index contributed by atoms with van der Waals surface area (Å²) >= 11 is 0. The second-order valence-corrected chi connectivity index (χ2v) is 5.99. The van der Waals surface area contributed by atoms with Crippen LogP contribution in [-0.4, -0.2) is 60.5 Å². The summed E-state index contributed by atoms with van der Waals surface area (Å²) in [6.45, 7) is 8.25. The van der Waals surface area contributed by atoms with Gasteiger partial charge in [0.2, 0.25) is 0 Å². The molecule has 0 amide bonds. The highest BCUT2D eigenvalue weighted by Gasteiger charge is 2.42. The average molecular weight is 285 g/mol. The van der Waals surface area contributed by atoms with Gasteiger partial charge in [0.1, 0.15) is 5.84 Å². The first-order chi connectivity index (χ1) is 9.60. The molecule has 20 heavy (non-hydrogen) atoms. The van der Waals surface area contributed by atoms with E-state index >= 15 is 0 Å². The van der Waals surface area contributed by atoms with E-state index in [1.807, 2.05) is 6.92 Å². The quantitative estimate of drug-likeness (QED) is 0.341. The number of hydrogen-bond acceptors (Lipinski definition) is 5. The van der Waals surface area contributed by atoms with Gasteiger partial charge in [0.25, 0.3) is 0 Å². The van der Waals surface area contributed by atoms with Crippen LogP contribution in [0, 0.1) is 5.92 Å². The fourth-order valence-corrected chi connectivity index (χ4v) is 3.26. The molecule has 0 aromatic heterocycles. The van der Waals surface area contributed by atoms with Crippen molar-refractivity contribution in [2.75, 3.05) is 32.9 Å². The molecule has 2 heterocycles. The Morgan fingerprint density at radius 2 is 2.35 bits per heavy atom. The van der Waals surface area contributed by atoms with Crippen molar-refractivity contribution in [2.45, 2.75) is 44.8 Å². The van der Waals surface area contributed by atoms with Crippen LogP contribution in [0.5, 0.6) is 0 Å². The van der Waals surface area contributed by atoms with Crippen molar-refractivity contribution < 1.29 is 14.7 Å². The third-order valence-electron chi connectivity index (χ3n) is 4.59. The third-order valence-corrected chi connectivity index (χ3v) is 4.59. The SMILES string of the molecule is CCN(CC(C)C(N)=NO)C1CCOC2(CCOC2)C1. The van der Waals surface area contributed by atoms with Gasteiger partial charge in [-0.05, 0) is 19.4 Å². The summed E-state index contributed by atoms with van der Waals surface area (Å²) in [5.74, 6) is 0.355. The number of oxime groups is 1. The van der Waals surface area contributed by atoms with Crippen LogP contribution in [0.1, 0.15) is 33.1 Å². The topological polar surface area (TPSA) is 80.3 Å². The van der Waals surface area contributed by atoms with Crippen molar-refractivity contribution in [1.82, 2.24) is 4.90 Å². The zero-order chi connectivity index (χ0) is 14.6. The lowest BCUT2D eigenvalue weighted by molar-refractivity contribution is -0.106. The van der Waals surface area contributed by atoms with Crippen LogP contribution in [0.25, 0.3) is 0 Å². The third kappa shape index (κ3) is 3.42. The van der Waals surface area contributed by atoms with E-state index in [-0.39, 0.29) is 11.5 Å². The van der Waals surface area contributed by atoms with Gasteiger partial charge in [0.05, 0.1) is 12.2 Å². The van der Waals surface area contributed by atoms with Gasteiger partial charge in [-0.3, -0.25) is 4.90 Å². The Labute approximate surface area is 120 Å². The van der Waals surface area contributed by atoms with Gasteiger partial charge < -0.3 is 20.4 Å². The summed E-state index contributed by atoms with van der Waals surface area (Å²) in [6.07, 6.45) is 3.05. The molecule has 0 aromatic carbocycles. The predicted octanol–water partition coefficient (Wildman–Crippen LogP) is 1.03. The van der Waals surface area contributed by atoms with E-state index in [4.69, 9.17) is 20.4 Å². The normalized spacial score (nSPS) is 33.0. The molecule has 0 saturated carbocycles. The van der Waals surface area contributed by atoms with E-state index in [2.05, 4.69) is 17.0 Å². The minimum absolute atomic E-state index is 0.0542. The standard InChI is InChI=1S/C14H27N3O3/c1-3-17(9-11(2)13(15)16-18)12-4-6-20-14(8-12)5-7-19-10-14/h11-12,18H,3-10H2,1-2H3,(H2,15,16). The van der Waals surface area contributed by atoms with E-state index in [9.17, 15) is 0 Å². The molecular weight excluding hydrogens is 258 g/mol. The summed E-state index contributed by atoms with van der Waals surface area (Å²) in [6, 6.07) is 0.490. The van der Waals surface area contributed by atoms with Crippen LogP contribution >= 0.6 is 0 Å². The largest absolute Gasteiger partial charge is 0.409 e. The van der Waals surface area contributed by atoms with Crippen LogP contribution in [0.4, 0.5) is 0 Å². The highest BCUT2D eigenvalue weighted by atomic mass is 16.6. The Balaban J connectivity index is 1.96. The molecule has 2 aliphatic heterocycles. The van der Waals surface area contributed by atoms with E-state index < -0.39 is 0 Å². The van der Waals surface area contributed by atoms with Gasteiger partial charge in [-0.1, -0.05) is 19.0 Å². The molecule has 1 spiro atoms. The first-order valence-electron chi connectivity index (χ1n) is 7.53. The highest BCUT2D eigenvalue weighted by molar-refractivity contribution is 5.82. The Morgan fingerprint density at radius 3 is 2.95 bits per heavy atom. The van der Waals surface area contributed by atoms with Gasteiger partial charge in [0, 0.05) is 38.1 Å². The lowest BCUT2D eigenvalue weighted by atomic mass is 9.88. The number of hydrogen-bond donors (Lipinski definition) is 2. The first kappa shape index (κ1) is 15.5. The maximum absolute atomic E-state index is 8.78. The minimum Gasteiger partial charge on any atom is -0.409 e. The summed E-state index contributed by atoms with van der Waals surface area (Å²) in [5.41, 5.74) is 5.62. The van der Waals surface area contributed by atoms with Gasteiger partial charge in [-0.25, -0.2) is 0 Å². The van der Waals surface area contributed by atoms with E-state index in [1.54, 1.807) is 0 Å². The van der Waals surface area contributed by atoms with Crippen molar-refractivity contribution in [3.63, 3.8) is 0 Å². The number of ether oxygens (including phenoxy) is 2. The number of amidine groups is 1. The second kappa shape index (κ2) is 6.74. The maximum Gasteiger partial charge on any atom is 0.143 e. The maximum atomic E-state index is 8.78. The van der Waals surface area contributed by atoms with Crippen LogP contribution in [0.2, 0.25) is 0 Å². The lowest BCUT2D eigenvalue weighted by Gasteiger charge is -2.42. The van der Waals surface area contributed by atoms with E-state index in [0.29, 0.717) is 11.9 Å². The molecule has 3 atom stereocenters. The summed E-state index contributed by atoms with van der Waals surface area (Å²) in [7, 11) is 0. The molecule has 3 unspecified atom stereocenters. The second-order valence-electron chi connectivity index (χ2n) is 5.99. The fourth-order valence-electron chi connectivity index (χ4n) is 3.26. The van der Waals surface area contributed by atoms with E-state index in [0.717, 1.165) is 52.2 Å². The molecule has 6 heteroatoms. The minimum atomic E-state index is -0.0732. The molecule has 2 rings (SSSR count). The number of nitrogens with zero attached hydrogens (tertiary/aromatic N) is 2. The average Bonchev–Trinajstić information content (AvgIpc) is 2.91. The molecule has 0 bridgehead atoms. The molecule has 0 aromatic rings. The van der Waals surface area contributed by atoms with Gasteiger partial charge in [-0.15, -0.1) is 0 Å². The van der Waals surface area contributed by atoms with Crippen LogP contribution < -0.4 is 5.73 Å². The zero-order valence-corrected chi connectivity index (χ0v) is 12.5. The zero-order valence-electron chi connectivity index (χ0n) is 12.5. The molecule has 0 aliphatic carbocycles. The molecule has 2 fully saturated rings. The Hall–Kier alpha value is -0.850. The highest BCUT2D eigenvalue weighted by Crippen LogP contribution is 2.34. The molecule has 0 radical (unpaired) electrons. The molecule has 3 N–H and O–H groups in total. The van der Waals surface area contributed by atoms with Crippen molar-refractivity contribution in [1.29, 1.82) is 0 Å². The van der Waals surface area contributed by atoms with Gasteiger partial charge in [-0.2, -0.15) is 0 Å². The van der Waals surface area contributed by atoms with Gasteiger partial charge >= 0.3 is 0 Å². The number of rotatable bonds is 5. The number of nitrogens with two attached hydrogens (primary N) is 1. The fraction of sp³-hybridized carbons (Fsp3) is 0.929. The monoisotopic (exact) mass is 285 g/mol. The van der Waals surface area contributed by atoms with Crippen molar-refractivity contribution >= 4 is 5.84 Å². The molecule has 6 nitrogen and oxygen atoms in total. The van der Waals surface area contributed by atoms with Crippen molar-refractivity contribution in [3.8, 4) is 0 Å². The predicted molar refractivity (Wildman–Crippen MR) is 77.0 cm³/mol. The van der Waals surface area contributed by atoms with Crippen molar-refractivity contribution in [3.05, 3.63) is 0 Å². The summed E-state index contributed by atoms with van der Waals surface area (Å²) in [5, 5.41) is 11.9. The molecule has 2 saturated heterocycles. The van der Waals surface area contributed by atoms with Crippen LogP contribution in [0.3, 0.4) is 0 Å². The lowest BCUT2D eigenvalue weighted by Crippen LogP contribution is -2.50. The molecular formula is C14H27N3O3. The van der Waals surface area contributed by atoms with Crippen LogP contribution in [-0.2, 0) is 9.47 Å². The van der Waals surface area contributed by atoms with Crippen molar-refractivity contribution in [2.24, 2.45) is 16.8 Å².